The number of hydrogen-bond donors (Lipinski definition) is 0. The Hall–Kier alpha value is -2.21. The van der Waals surface area contributed by atoms with E-state index in [0.717, 1.165) is 16.7 Å². The van der Waals surface area contributed by atoms with Crippen molar-refractivity contribution in [2.75, 3.05) is 0 Å². The van der Waals surface area contributed by atoms with Gasteiger partial charge < -0.3 is 0 Å². The maximum atomic E-state index is 13.0. The van der Waals surface area contributed by atoms with Crippen LogP contribution in [-0.2, 0) is 6.54 Å². The molecule has 0 N–H and O–H groups in total. The fraction of sp³-hybridized carbons (Fsp3) is 0.267. The molecule has 0 spiro atoms. The average molecular weight is 325 g/mol. The van der Waals surface area contributed by atoms with Gasteiger partial charge in [0.2, 0.25) is 0 Å². The minimum atomic E-state index is -0.946. The smallest absolute Gasteiger partial charge is 0.299 e. The van der Waals surface area contributed by atoms with E-state index in [-0.39, 0.29) is 17.2 Å². The monoisotopic (exact) mass is 324 g/mol. The largest absolute Gasteiger partial charge is 0.335 e. The molecule has 0 aliphatic carbocycles. The van der Waals surface area contributed by atoms with Gasteiger partial charge in [-0.05, 0) is 41.8 Å². The van der Waals surface area contributed by atoms with Crippen LogP contribution in [0.5, 0.6) is 0 Å². The van der Waals surface area contributed by atoms with Gasteiger partial charge in [-0.3, -0.25) is 14.2 Å². The third-order valence-corrected chi connectivity index (χ3v) is 3.22. The maximum absolute atomic E-state index is 13.0. The van der Waals surface area contributed by atoms with Crippen molar-refractivity contribution in [2.45, 2.75) is 20.4 Å². The van der Waals surface area contributed by atoms with Crippen LogP contribution >= 0.6 is 11.6 Å². The van der Waals surface area contributed by atoms with Crippen LogP contribution in [0.1, 0.15) is 24.2 Å². The zero-order valence-electron chi connectivity index (χ0n) is 12.0. The Balaban J connectivity index is 2.78. The Morgan fingerprint density at radius 1 is 1.23 bits per heavy atom. The number of carbonyl (C=O) groups is 1. The SMILES string of the molecule is CC(C)Cn1cc(C(=O)Cl)c(=O)n(-c2ccc(F)cc2)c1=O. The minimum Gasteiger partial charge on any atom is -0.299 e. The third-order valence-electron chi connectivity index (χ3n) is 3.01. The number of nitrogens with zero attached hydrogens (tertiary/aromatic N) is 2. The summed E-state index contributed by atoms with van der Waals surface area (Å²) in [5.74, 6) is -0.376. The molecule has 0 saturated heterocycles. The first-order valence-corrected chi connectivity index (χ1v) is 7.01. The molecule has 1 aromatic heterocycles. The van der Waals surface area contributed by atoms with E-state index in [1.165, 1.54) is 22.9 Å². The van der Waals surface area contributed by atoms with Crippen LogP contribution in [-0.4, -0.2) is 14.4 Å². The van der Waals surface area contributed by atoms with Crippen molar-refractivity contribution in [1.82, 2.24) is 9.13 Å². The molecule has 116 valence electrons. The Bertz CT molecular complexity index is 822. The van der Waals surface area contributed by atoms with Crippen LogP contribution in [0.15, 0.2) is 40.1 Å². The third kappa shape index (κ3) is 3.17. The van der Waals surface area contributed by atoms with Gasteiger partial charge >= 0.3 is 5.69 Å². The topological polar surface area (TPSA) is 61.1 Å². The lowest BCUT2D eigenvalue weighted by molar-refractivity contribution is 0.107. The van der Waals surface area contributed by atoms with Crippen LogP contribution in [0.4, 0.5) is 4.39 Å². The molecule has 2 aromatic rings. The van der Waals surface area contributed by atoms with E-state index in [4.69, 9.17) is 11.6 Å². The van der Waals surface area contributed by atoms with Gasteiger partial charge in [0.05, 0.1) is 5.69 Å². The first-order chi connectivity index (χ1) is 10.3. The molecule has 0 amide bonds. The highest BCUT2D eigenvalue weighted by molar-refractivity contribution is 6.67. The van der Waals surface area contributed by atoms with Crippen molar-refractivity contribution >= 4 is 16.8 Å². The molecule has 0 fully saturated rings. The molecular weight excluding hydrogens is 311 g/mol. The summed E-state index contributed by atoms with van der Waals surface area (Å²) in [7, 11) is 0. The van der Waals surface area contributed by atoms with Gasteiger partial charge in [-0.15, -0.1) is 0 Å². The van der Waals surface area contributed by atoms with E-state index < -0.39 is 22.3 Å². The highest BCUT2D eigenvalue weighted by atomic mass is 35.5. The zero-order valence-corrected chi connectivity index (χ0v) is 12.8. The summed E-state index contributed by atoms with van der Waals surface area (Å²) in [4.78, 5) is 36.2. The summed E-state index contributed by atoms with van der Waals surface area (Å²) in [6.45, 7) is 4.10. The van der Waals surface area contributed by atoms with Crippen molar-refractivity contribution in [3.8, 4) is 5.69 Å². The minimum absolute atomic E-state index is 0.121. The second-order valence-electron chi connectivity index (χ2n) is 5.26. The normalized spacial score (nSPS) is 11.0. The zero-order chi connectivity index (χ0) is 16.4. The molecule has 2 rings (SSSR count). The molecule has 0 unspecified atom stereocenters. The molecule has 1 heterocycles. The summed E-state index contributed by atoms with van der Waals surface area (Å²) in [5, 5.41) is -0.946. The van der Waals surface area contributed by atoms with Crippen LogP contribution in [0.3, 0.4) is 0 Å². The predicted octanol–water partition coefficient (Wildman–Crippen LogP) is 2.17. The Morgan fingerprint density at radius 2 is 1.82 bits per heavy atom. The quantitative estimate of drug-likeness (QED) is 0.810. The van der Waals surface area contributed by atoms with Gasteiger partial charge in [-0.25, -0.2) is 13.8 Å². The van der Waals surface area contributed by atoms with Gasteiger partial charge in [0.25, 0.3) is 10.8 Å². The van der Waals surface area contributed by atoms with Crippen LogP contribution in [0.25, 0.3) is 5.69 Å². The number of halogens is 2. The summed E-state index contributed by atoms with van der Waals surface area (Å²) < 4.78 is 15.1. The van der Waals surface area contributed by atoms with Crippen LogP contribution < -0.4 is 11.2 Å². The Kier molecular flexibility index (Phi) is 4.61. The summed E-state index contributed by atoms with van der Waals surface area (Å²) in [6.07, 6.45) is 1.17. The molecular formula is C15H14ClFN2O3. The lowest BCUT2D eigenvalue weighted by atomic mass is 10.2. The molecule has 0 atom stereocenters. The van der Waals surface area contributed by atoms with Gasteiger partial charge in [-0.2, -0.15) is 0 Å². The summed E-state index contributed by atoms with van der Waals surface area (Å²) >= 11 is 5.43. The highest BCUT2D eigenvalue weighted by Gasteiger charge is 2.17. The van der Waals surface area contributed by atoms with Gasteiger partial charge in [0.15, 0.2) is 0 Å². The van der Waals surface area contributed by atoms with Crippen molar-refractivity contribution in [3.05, 3.63) is 62.7 Å². The van der Waals surface area contributed by atoms with E-state index >= 15 is 0 Å². The fourth-order valence-corrected chi connectivity index (χ4v) is 2.21. The van der Waals surface area contributed by atoms with Crippen LogP contribution in [0.2, 0.25) is 0 Å². The van der Waals surface area contributed by atoms with E-state index in [9.17, 15) is 18.8 Å². The molecule has 7 heteroatoms. The lowest BCUT2D eigenvalue weighted by Gasteiger charge is -2.13. The van der Waals surface area contributed by atoms with E-state index in [0.29, 0.717) is 6.54 Å². The second kappa shape index (κ2) is 6.27. The first kappa shape index (κ1) is 16.2. The number of carbonyl (C=O) groups excluding carboxylic acids is 1. The van der Waals surface area contributed by atoms with E-state index in [2.05, 4.69) is 0 Å². The number of rotatable bonds is 4. The molecule has 0 aliphatic rings. The first-order valence-electron chi connectivity index (χ1n) is 6.63. The molecule has 1 aromatic carbocycles. The average Bonchev–Trinajstić information content (AvgIpc) is 2.43. The Labute approximate surface area is 130 Å². The van der Waals surface area contributed by atoms with Gasteiger partial charge in [0, 0.05) is 12.7 Å². The van der Waals surface area contributed by atoms with Crippen molar-refractivity contribution in [2.24, 2.45) is 5.92 Å². The lowest BCUT2D eigenvalue weighted by Crippen LogP contribution is -2.41. The number of aromatic nitrogens is 2. The van der Waals surface area contributed by atoms with Gasteiger partial charge in [-0.1, -0.05) is 13.8 Å². The van der Waals surface area contributed by atoms with E-state index in [1.807, 2.05) is 13.8 Å². The predicted molar refractivity (Wildman–Crippen MR) is 81.3 cm³/mol. The molecule has 0 radical (unpaired) electrons. The van der Waals surface area contributed by atoms with Crippen molar-refractivity contribution < 1.29 is 9.18 Å². The van der Waals surface area contributed by atoms with Crippen molar-refractivity contribution in [1.29, 1.82) is 0 Å². The van der Waals surface area contributed by atoms with E-state index in [1.54, 1.807) is 0 Å². The highest BCUT2D eigenvalue weighted by Crippen LogP contribution is 2.07. The second-order valence-corrected chi connectivity index (χ2v) is 5.61. The molecule has 22 heavy (non-hydrogen) atoms. The number of benzene rings is 1. The fourth-order valence-electron chi connectivity index (χ4n) is 2.08. The maximum Gasteiger partial charge on any atom is 0.335 e. The van der Waals surface area contributed by atoms with Crippen molar-refractivity contribution in [3.63, 3.8) is 0 Å². The van der Waals surface area contributed by atoms with Gasteiger partial charge in [0.1, 0.15) is 11.4 Å². The number of hydrogen-bond acceptors (Lipinski definition) is 3. The Morgan fingerprint density at radius 3 is 2.32 bits per heavy atom. The summed E-state index contributed by atoms with van der Waals surface area (Å²) in [6, 6.07) is 4.84. The van der Waals surface area contributed by atoms with Crippen LogP contribution in [0, 0.1) is 11.7 Å². The summed E-state index contributed by atoms with van der Waals surface area (Å²) in [5.41, 5.74) is -1.55. The molecule has 5 nitrogen and oxygen atoms in total. The molecule has 0 saturated carbocycles. The standard InChI is InChI=1S/C15H14ClFN2O3/c1-9(2)7-18-8-12(13(16)20)14(21)19(15(18)22)11-5-3-10(17)4-6-11/h3-6,8-9H,7H2,1-2H3. The molecule has 0 bridgehead atoms. The molecule has 0 aliphatic heterocycles.